The maximum absolute atomic E-state index is 12.7. The van der Waals surface area contributed by atoms with Crippen molar-refractivity contribution in [3.05, 3.63) is 40.7 Å². The highest BCUT2D eigenvalue weighted by Gasteiger charge is 2.36. The van der Waals surface area contributed by atoms with Crippen LogP contribution in [0.1, 0.15) is 65.2 Å². The molecule has 1 aliphatic heterocycles. The summed E-state index contributed by atoms with van der Waals surface area (Å²) in [4.78, 5) is 24.7. The van der Waals surface area contributed by atoms with Crippen LogP contribution >= 0.6 is 0 Å². The fourth-order valence-corrected chi connectivity index (χ4v) is 5.81. The second-order valence-electron chi connectivity index (χ2n) is 9.12. The van der Waals surface area contributed by atoms with Gasteiger partial charge in [-0.15, -0.1) is 0 Å². The van der Waals surface area contributed by atoms with Gasteiger partial charge in [-0.05, 0) is 37.0 Å². The normalized spacial score (nSPS) is 23.1. The largest absolute Gasteiger partial charge is 0.616 e. The Morgan fingerprint density at radius 2 is 2.00 bits per heavy atom. The third kappa shape index (κ3) is 3.98. The van der Waals surface area contributed by atoms with Crippen LogP contribution in [0.5, 0.6) is 0 Å². The maximum Gasteiger partial charge on any atom is 0.250 e. The Hall–Kier alpha value is -2.32. The fraction of sp³-hybridized carbons (Fsp3) is 0.500. The van der Waals surface area contributed by atoms with Gasteiger partial charge in [-0.25, -0.2) is 4.68 Å². The van der Waals surface area contributed by atoms with E-state index in [-0.39, 0.29) is 17.2 Å². The molecule has 30 heavy (non-hydrogen) atoms. The Morgan fingerprint density at radius 3 is 2.67 bits per heavy atom. The number of nitrogens with zero attached hydrogens (tertiary/aromatic N) is 2. The molecule has 8 heteroatoms. The monoisotopic (exact) mass is 428 g/mol. The molecule has 1 aromatic carbocycles. The maximum atomic E-state index is 12.7. The second-order valence-corrected chi connectivity index (χ2v) is 10.8. The number of fused-ring (bicyclic) bond motifs is 1. The third-order valence-electron chi connectivity index (χ3n) is 5.98. The number of hydrogen-bond acceptors (Lipinski definition) is 5. The summed E-state index contributed by atoms with van der Waals surface area (Å²) in [5.41, 5.74) is 9.71. The van der Waals surface area contributed by atoms with Gasteiger partial charge in [-0.1, -0.05) is 25.0 Å². The number of carbonyl (C=O) groups excluding carboxylic acids is 2. The Morgan fingerprint density at radius 1 is 1.30 bits per heavy atom. The smallest absolute Gasteiger partial charge is 0.250 e. The lowest BCUT2D eigenvalue weighted by molar-refractivity contribution is 0.0909. The van der Waals surface area contributed by atoms with Crippen LogP contribution in [0, 0.1) is 12.3 Å². The van der Waals surface area contributed by atoms with Gasteiger partial charge in [-0.3, -0.25) is 9.59 Å². The highest BCUT2D eigenvalue weighted by Crippen LogP contribution is 2.37. The summed E-state index contributed by atoms with van der Waals surface area (Å²) < 4.78 is 13.5. The van der Waals surface area contributed by atoms with Gasteiger partial charge in [0.1, 0.15) is 11.5 Å². The number of nitrogens with two attached hydrogens (primary N) is 1. The molecule has 2 aromatic rings. The van der Waals surface area contributed by atoms with Crippen LogP contribution < -0.4 is 11.1 Å². The number of benzene rings is 1. The quantitative estimate of drug-likeness (QED) is 0.727. The van der Waals surface area contributed by atoms with E-state index < -0.39 is 17.1 Å². The van der Waals surface area contributed by atoms with Crippen LogP contribution in [-0.4, -0.2) is 43.6 Å². The number of aryl methyl sites for hydroxylation is 1. The molecule has 0 saturated carbocycles. The van der Waals surface area contributed by atoms with Gasteiger partial charge in [0.15, 0.2) is 5.78 Å². The number of primary amides is 1. The van der Waals surface area contributed by atoms with E-state index in [1.54, 1.807) is 6.07 Å². The highest BCUT2D eigenvalue weighted by atomic mass is 32.2. The summed E-state index contributed by atoms with van der Waals surface area (Å²) in [6, 6.07) is 5.55. The standard InChI is InChI=1S/C22H28N4O3S/c1-13-20-18(11-22(2,3)12-19(20)27)26(25-13)15-4-5-16(21(23)28)17(10-15)24-14-6-8-30(29)9-7-14/h4-5,10,14,24H,6-9,11-12H2,1-3H3,(H2,23,28). The van der Waals surface area contributed by atoms with Gasteiger partial charge in [-0.2, -0.15) is 5.10 Å². The zero-order valence-electron chi connectivity index (χ0n) is 17.7. The lowest BCUT2D eigenvalue weighted by atomic mass is 9.75. The van der Waals surface area contributed by atoms with Crippen molar-refractivity contribution in [3.63, 3.8) is 0 Å². The molecule has 0 radical (unpaired) electrons. The minimum atomic E-state index is -0.755. The molecule has 1 amide bonds. The van der Waals surface area contributed by atoms with E-state index >= 15 is 0 Å². The minimum Gasteiger partial charge on any atom is -0.616 e. The van der Waals surface area contributed by atoms with Crippen molar-refractivity contribution in [1.82, 2.24) is 9.78 Å². The molecule has 0 unspecified atom stereocenters. The number of carbonyl (C=O) groups is 2. The van der Waals surface area contributed by atoms with Crippen LogP contribution in [0.15, 0.2) is 18.2 Å². The first-order valence-electron chi connectivity index (χ1n) is 10.3. The number of hydrogen-bond donors (Lipinski definition) is 2. The number of ketones is 1. The molecule has 7 nitrogen and oxygen atoms in total. The van der Waals surface area contributed by atoms with E-state index in [4.69, 9.17) is 5.73 Å². The minimum absolute atomic E-state index is 0.125. The third-order valence-corrected chi connectivity index (χ3v) is 7.36. The number of anilines is 1. The van der Waals surface area contributed by atoms with Crippen molar-refractivity contribution < 1.29 is 14.1 Å². The molecule has 1 saturated heterocycles. The molecule has 0 spiro atoms. The molecule has 1 aromatic heterocycles. The molecule has 1 fully saturated rings. The van der Waals surface area contributed by atoms with Gasteiger partial charge >= 0.3 is 0 Å². The van der Waals surface area contributed by atoms with Gasteiger partial charge in [0.2, 0.25) is 0 Å². The molecule has 3 N–H and O–H groups in total. The van der Waals surface area contributed by atoms with Gasteiger partial charge in [0.25, 0.3) is 5.91 Å². The number of Topliss-reactive ketones (excluding diaryl/α,β-unsaturated/α-hetero) is 1. The van der Waals surface area contributed by atoms with E-state index in [9.17, 15) is 14.1 Å². The highest BCUT2D eigenvalue weighted by molar-refractivity contribution is 7.91. The van der Waals surface area contributed by atoms with Crippen LogP contribution in [0.3, 0.4) is 0 Å². The molecular weight excluding hydrogens is 400 g/mol. The number of nitrogens with one attached hydrogen (secondary N) is 1. The van der Waals surface area contributed by atoms with Crippen LogP contribution in [0.25, 0.3) is 5.69 Å². The lowest BCUT2D eigenvalue weighted by Gasteiger charge is -2.29. The lowest BCUT2D eigenvalue weighted by Crippen LogP contribution is -2.33. The molecule has 2 aliphatic rings. The van der Waals surface area contributed by atoms with Crippen molar-refractivity contribution in [2.45, 2.75) is 52.5 Å². The zero-order chi connectivity index (χ0) is 21.6. The van der Waals surface area contributed by atoms with Crippen molar-refractivity contribution in [2.24, 2.45) is 11.1 Å². The first-order valence-corrected chi connectivity index (χ1v) is 11.8. The summed E-state index contributed by atoms with van der Waals surface area (Å²) in [6.45, 7) is 6.05. The Kier molecular flexibility index (Phi) is 5.40. The van der Waals surface area contributed by atoms with Crippen molar-refractivity contribution >= 4 is 28.6 Å². The zero-order valence-corrected chi connectivity index (χ0v) is 18.5. The summed E-state index contributed by atoms with van der Waals surface area (Å²) in [6.07, 6.45) is 2.84. The Bertz CT molecular complexity index is 1010. The molecule has 160 valence electrons. The van der Waals surface area contributed by atoms with E-state index in [0.29, 0.717) is 29.2 Å². The fourth-order valence-electron chi connectivity index (χ4n) is 4.51. The molecule has 0 bridgehead atoms. The van der Waals surface area contributed by atoms with Crippen molar-refractivity contribution in [1.29, 1.82) is 0 Å². The van der Waals surface area contributed by atoms with Gasteiger partial charge in [0, 0.05) is 31.0 Å². The summed E-state index contributed by atoms with van der Waals surface area (Å²) >= 11 is -0.755. The average molecular weight is 429 g/mol. The summed E-state index contributed by atoms with van der Waals surface area (Å²) in [5, 5.41) is 8.09. The second kappa shape index (κ2) is 7.74. The molecule has 4 rings (SSSR count). The van der Waals surface area contributed by atoms with Crippen molar-refractivity contribution in [2.75, 3.05) is 16.8 Å². The number of rotatable bonds is 4. The number of amides is 1. The van der Waals surface area contributed by atoms with E-state index in [0.717, 1.165) is 41.9 Å². The SMILES string of the molecule is Cc1nn(-c2ccc(C(N)=O)c(NC3CC[S+]([O-])CC3)c2)c2c1C(=O)CC(C)(C)C2. The Balaban J connectivity index is 1.73. The van der Waals surface area contributed by atoms with Crippen LogP contribution in [0.2, 0.25) is 0 Å². The molecular formula is C22H28N4O3S. The predicted molar refractivity (Wildman–Crippen MR) is 118 cm³/mol. The van der Waals surface area contributed by atoms with E-state index in [1.807, 2.05) is 23.7 Å². The van der Waals surface area contributed by atoms with Crippen LogP contribution in [0.4, 0.5) is 5.69 Å². The van der Waals surface area contributed by atoms with Crippen molar-refractivity contribution in [3.8, 4) is 5.69 Å². The van der Waals surface area contributed by atoms with E-state index in [2.05, 4.69) is 24.3 Å². The topological polar surface area (TPSA) is 113 Å². The summed E-state index contributed by atoms with van der Waals surface area (Å²) in [7, 11) is 0. The first kappa shape index (κ1) is 20.9. The van der Waals surface area contributed by atoms with E-state index in [1.165, 1.54) is 0 Å². The average Bonchev–Trinajstić information content (AvgIpc) is 2.98. The number of aromatic nitrogens is 2. The molecule has 0 atom stereocenters. The molecule has 2 heterocycles. The molecule has 1 aliphatic carbocycles. The predicted octanol–water partition coefficient (Wildman–Crippen LogP) is 2.76. The van der Waals surface area contributed by atoms with Gasteiger partial charge < -0.3 is 15.6 Å². The summed E-state index contributed by atoms with van der Waals surface area (Å²) in [5.74, 6) is 0.948. The van der Waals surface area contributed by atoms with Crippen LogP contribution in [-0.2, 0) is 17.6 Å². The Labute approximate surface area is 179 Å². The van der Waals surface area contributed by atoms with Gasteiger partial charge in [0.05, 0.1) is 28.2 Å². The first-order chi connectivity index (χ1) is 14.1.